The Morgan fingerprint density at radius 2 is 1.29 bits per heavy atom. The maximum atomic E-state index is 6.65. The molecular weight excluding hydrogens is 603 g/mol. The molecule has 0 radical (unpaired) electrons. The predicted octanol–water partition coefficient (Wildman–Crippen LogP) is 10.7. The van der Waals surface area contributed by atoms with Crippen molar-refractivity contribution in [1.82, 2.24) is 23.8 Å². The fourth-order valence-corrected chi connectivity index (χ4v) is 7.69. The lowest BCUT2D eigenvalue weighted by molar-refractivity contribution is 0.484. The van der Waals surface area contributed by atoms with Crippen molar-refractivity contribution in [3.8, 4) is 33.9 Å². The molecule has 11 aromatic rings. The Balaban J connectivity index is 1.09. The number of ether oxygens (including phenoxy) is 1. The molecule has 0 saturated carbocycles. The van der Waals surface area contributed by atoms with E-state index in [1.165, 1.54) is 32.8 Å². The molecule has 6 heterocycles. The SMILES string of the molecule is c1ccc(-c2cn3c4cccnc4c4ccc(Oc5ccc6c7cccc8c9c(-c%10ccccc%10)ccnc9n(c6c5)c78)cc4c3n2)cc1. The molecule has 0 saturated heterocycles. The lowest BCUT2D eigenvalue weighted by Crippen LogP contribution is -1.93. The van der Waals surface area contributed by atoms with Gasteiger partial charge < -0.3 is 4.74 Å². The quantitative estimate of drug-likeness (QED) is 0.182. The first-order valence-corrected chi connectivity index (χ1v) is 16.4. The molecule has 6 nitrogen and oxygen atoms in total. The molecule has 0 aliphatic carbocycles. The smallest absolute Gasteiger partial charge is 0.146 e. The molecule has 228 valence electrons. The van der Waals surface area contributed by atoms with Crippen LogP contribution in [0.1, 0.15) is 0 Å². The van der Waals surface area contributed by atoms with E-state index in [1.807, 2.05) is 42.7 Å². The number of imidazole rings is 1. The Bertz CT molecular complexity index is 3070. The first-order valence-electron chi connectivity index (χ1n) is 16.4. The number of hydrogen-bond donors (Lipinski definition) is 0. The molecule has 0 amide bonds. The Hall–Kier alpha value is -6.79. The van der Waals surface area contributed by atoms with Crippen LogP contribution in [-0.4, -0.2) is 23.8 Å². The van der Waals surface area contributed by atoms with Crippen LogP contribution in [0.15, 0.2) is 152 Å². The summed E-state index contributed by atoms with van der Waals surface area (Å²) in [6.07, 6.45) is 5.85. The van der Waals surface area contributed by atoms with Crippen LogP contribution >= 0.6 is 0 Å². The Morgan fingerprint density at radius 1 is 0.510 bits per heavy atom. The average Bonchev–Trinajstić information content (AvgIpc) is 3.86. The summed E-state index contributed by atoms with van der Waals surface area (Å²) in [6.45, 7) is 0. The number of nitrogens with zero attached hydrogens (tertiary/aromatic N) is 5. The highest BCUT2D eigenvalue weighted by molar-refractivity contribution is 6.25. The summed E-state index contributed by atoms with van der Waals surface area (Å²) >= 11 is 0. The lowest BCUT2D eigenvalue weighted by atomic mass is 10.0. The lowest BCUT2D eigenvalue weighted by Gasteiger charge is -2.10. The van der Waals surface area contributed by atoms with Crippen LogP contribution in [0.4, 0.5) is 0 Å². The molecular formula is C43H25N5O. The first kappa shape index (κ1) is 26.3. The second kappa shape index (κ2) is 9.86. The van der Waals surface area contributed by atoms with E-state index in [1.54, 1.807) is 0 Å². The van der Waals surface area contributed by atoms with Gasteiger partial charge in [-0.1, -0.05) is 78.9 Å². The number of fused-ring (bicyclic) bond motifs is 12. The van der Waals surface area contributed by atoms with Gasteiger partial charge in [0.15, 0.2) is 0 Å². The molecule has 0 N–H and O–H groups in total. The third kappa shape index (κ3) is 3.74. The summed E-state index contributed by atoms with van der Waals surface area (Å²) in [5, 5.41) is 6.76. The van der Waals surface area contributed by atoms with Gasteiger partial charge in [0.25, 0.3) is 0 Å². The van der Waals surface area contributed by atoms with Gasteiger partial charge in [0, 0.05) is 62.5 Å². The zero-order valence-electron chi connectivity index (χ0n) is 26.1. The summed E-state index contributed by atoms with van der Waals surface area (Å²) in [7, 11) is 0. The Labute approximate surface area is 279 Å². The minimum atomic E-state index is 0.733. The number of aromatic nitrogens is 5. The van der Waals surface area contributed by atoms with Gasteiger partial charge in [0.2, 0.25) is 0 Å². The van der Waals surface area contributed by atoms with Crippen molar-refractivity contribution in [1.29, 1.82) is 0 Å². The number of hydrogen-bond acceptors (Lipinski definition) is 4. The summed E-state index contributed by atoms with van der Waals surface area (Å²) in [6, 6.07) is 46.1. The highest BCUT2D eigenvalue weighted by Gasteiger charge is 2.21. The zero-order valence-corrected chi connectivity index (χ0v) is 26.1. The standard InChI is InChI=1S/C43H25N5O/c1-3-9-26(10-4-1)30-20-22-45-43-39(30)34-14-7-13-33-31-18-16-29(24-38(31)48(43)41(33)34)49-28-17-19-32-35(23-28)42-46-36(27-11-5-2-6-12-27)25-47(42)37-15-8-21-44-40(32)37/h1-25H. The third-order valence-electron chi connectivity index (χ3n) is 9.80. The van der Waals surface area contributed by atoms with Crippen LogP contribution in [0.2, 0.25) is 0 Å². The maximum absolute atomic E-state index is 6.65. The van der Waals surface area contributed by atoms with Crippen molar-refractivity contribution in [2.45, 2.75) is 0 Å². The molecule has 6 heteroatoms. The van der Waals surface area contributed by atoms with Gasteiger partial charge in [-0.25, -0.2) is 9.97 Å². The largest absolute Gasteiger partial charge is 0.457 e. The van der Waals surface area contributed by atoms with Crippen molar-refractivity contribution < 1.29 is 4.74 Å². The molecule has 49 heavy (non-hydrogen) atoms. The summed E-state index contributed by atoms with van der Waals surface area (Å²) in [5.74, 6) is 1.49. The topological polar surface area (TPSA) is 56.7 Å². The second-order valence-electron chi connectivity index (χ2n) is 12.5. The van der Waals surface area contributed by atoms with Crippen molar-refractivity contribution in [3.63, 3.8) is 0 Å². The van der Waals surface area contributed by atoms with Gasteiger partial charge in [-0.2, -0.15) is 0 Å². The molecule has 0 aliphatic rings. The van der Waals surface area contributed by atoms with Crippen molar-refractivity contribution in [2.24, 2.45) is 0 Å². The zero-order chi connectivity index (χ0) is 32.1. The van der Waals surface area contributed by atoms with E-state index in [0.29, 0.717) is 0 Å². The van der Waals surface area contributed by atoms with Gasteiger partial charge in [-0.05, 0) is 59.7 Å². The highest BCUT2D eigenvalue weighted by atomic mass is 16.5. The Morgan fingerprint density at radius 3 is 2.14 bits per heavy atom. The van der Waals surface area contributed by atoms with Gasteiger partial charge in [-0.3, -0.25) is 13.8 Å². The molecule has 5 aromatic carbocycles. The van der Waals surface area contributed by atoms with E-state index in [-0.39, 0.29) is 0 Å². The van der Waals surface area contributed by atoms with E-state index < -0.39 is 0 Å². The monoisotopic (exact) mass is 627 g/mol. The molecule has 6 aromatic heterocycles. The van der Waals surface area contributed by atoms with Crippen LogP contribution in [0, 0.1) is 0 Å². The fraction of sp³-hybridized carbons (Fsp3) is 0. The second-order valence-corrected chi connectivity index (χ2v) is 12.5. The van der Waals surface area contributed by atoms with Crippen molar-refractivity contribution in [2.75, 3.05) is 0 Å². The average molecular weight is 628 g/mol. The minimum Gasteiger partial charge on any atom is -0.457 e. The van der Waals surface area contributed by atoms with Crippen molar-refractivity contribution >= 4 is 65.7 Å². The molecule has 0 bridgehead atoms. The highest BCUT2D eigenvalue weighted by Crippen LogP contribution is 2.43. The Kier molecular flexibility index (Phi) is 5.29. The number of rotatable bonds is 4. The normalized spacial score (nSPS) is 12.1. The van der Waals surface area contributed by atoms with Crippen LogP contribution in [0.3, 0.4) is 0 Å². The molecule has 0 aliphatic heterocycles. The molecule has 0 atom stereocenters. The minimum absolute atomic E-state index is 0.733. The predicted molar refractivity (Wildman–Crippen MR) is 198 cm³/mol. The summed E-state index contributed by atoms with van der Waals surface area (Å²) in [4.78, 5) is 14.8. The van der Waals surface area contributed by atoms with Crippen LogP contribution in [0.5, 0.6) is 11.5 Å². The fourth-order valence-electron chi connectivity index (χ4n) is 7.69. The van der Waals surface area contributed by atoms with Gasteiger partial charge in [0.1, 0.15) is 22.8 Å². The molecule has 0 unspecified atom stereocenters. The summed E-state index contributed by atoms with van der Waals surface area (Å²) < 4.78 is 11.1. The van der Waals surface area contributed by atoms with E-state index in [4.69, 9.17) is 19.7 Å². The van der Waals surface area contributed by atoms with Crippen molar-refractivity contribution in [3.05, 3.63) is 152 Å². The maximum Gasteiger partial charge on any atom is 0.146 e. The first-order chi connectivity index (χ1) is 24.3. The van der Waals surface area contributed by atoms with Crippen LogP contribution in [0.25, 0.3) is 88.1 Å². The molecule has 0 fully saturated rings. The van der Waals surface area contributed by atoms with E-state index in [0.717, 1.165) is 66.8 Å². The van der Waals surface area contributed by atoms with E-state index >= 15 is 0 Å². The number of para-hydroxylation sites is 1. The van der Waals surface area contributed by atoms with Gasteiger partial charge >= 0.3 is 0 Å². The summed E-state index contributed by atoms with van der Waals surface area (Å²) in [5.41, 5.74) is 10.3. The van der Waals surface area contributed by atoms with Gasteiger partial charge in [0.05, 0.1) is 27.8 Å². The molecule has 11 rings (SSSR count). The van der Waals surface area contributed by atoms with E-state index in [9.17, 15) is 0 Å². The van der Waals surface area contributed by atoms with Crippen LogP contribution < -0.4 is 4.74 Å². The number of pyridine rings is 3. The van der Waals surface area contributed by atoms with E-state index in [2.05, 4.69) is 118 Å². The number of benzene rings is 5. The third-order valence-corrected chi connectivity index (χ3v) is 9.80. The van der Waals surface area contributed by atoms with Gasteiger partial charge in [-0.15, -0.1) is 0 Å². The molecule has 0 spiro atoms. The van der Waals surface area contributed by atoms with Crippen LogP contribution in [-0.2, 0) is 0 Å².